The van der Waals surface area contributed by atoms with Crippen LogP contribution in [0.2, 0.25) is 0 Å². The van der Waals surface area contributed by atoms with Crippen molar-refractivity contribution < 1.29 is 19.1 Å². The average Bonchev–Trinajstić information content (AvgIpc) is 2.66. The second-order valence-corrected chi connectivity index (χ2v) is 5.31. The van der Waals surface area contributed by atoms with Gasteiger partial charge < -0.3 is 10.1 Å². The molecule has 1 N–H and O–H groups in total. The molecule has 0 atom stereocenters. The molecule has 0 aliphatic rings. The van der Waals surface area contributed by atoms with Crippen LogP contribution >= 0.6 is 0 Å². The molecule has 0 fully saturated rings. The van der Waals surface area contributed by atoms with Gasteiger partial charge in [0.25, 0.3) is 0 Å². The Balaban J connectivity index is 1.97. The zero-order chi connectivity index (χ0) is 18.2. The Labute approximate surface area is 146 Å². The third-order valence-corrected chi connectivity index (χ3v) is 3.55. The van der Waals surface area contributed by atoms with Gasteiger partial charge in [0.1, 0.15) is 5.75 Å². The maximum Gasteiger partial charge on any atom is 0.343 e. The van der Waals surface area contributed by atoms with Crippen LogP contribution in [0.15, 0.2) is 61.2 Å². The lowest BCUT2D eigenvalue weighted by Crippen LogP contribution is -2.20. The molecule has 0 aromatic heterocycles. The average molecular weight is 337 g/mol. The fourth-order valence-corrected chi connectivity index (χ4v) is 2.10. The minimum Gasteiger partial charge on any atom is -0.423 e. The summed E-state index contributed by atoms with van der Waals surface area (Å²) in [5.41, 5.74) is 1.84. The first-order valence-electron chi connectivity index (χ1n) is 7.88. The summed E-state index contributed by atoms with van der Waals surface area (Å²) in [5, 5.41) is 2.66. The maximum absolute atomic E-state index is 12.1. The lowest BCUT2D eigenvalue weighted by Gasteiger charge is -2.07. The number of rotatable bonds is 7. The molecule has 0 saturated heterocycles. The highest BCUT2D eigenvalue weighted by molar-refractivity contribution is 5.96. The topological polar surface area (TPSA) is 72.5 Å². The largest absolute Gasteiger partial charge is 0.423 e. The first-order valence-corrected chi connectivity index (χ1v) is 7.88. The predicted molar refractivity (Wildman–Crippen MR) is 94.5 cm³/mol. The number of ketones is 1. The second-order valence-electron chi connectivity index (χ2n) is 5.31. The number of ether oxygens (including phenoxy) is 1. The summed E-state index contributed by atoms with van der Waals surface area (Å²) in [4.78, 5) is 34.8. The Morgan fingerprint density at radius 3 is 2.16 bits per heavy atom. The van der Waals surface area contributed by atoms with Gasteiger partial charge in [0, 0.05) is 18.5 Å². The molecule has 2 aromatic rings. The zero-order valence-corrected chi connectivity index (χ0v) is 14.0. The minimum atomic E-state index is -0.490. The Morgan fingerprint density at radius 1 is 1.00 bits per heavy atom. The van der Waals surface area contributed by atoms with Gasteiger partial charge in [-0.2, -0.15) is 0 Å². The molecule has 1 amide bonds. The Morgan fingerprint density at radius 2 is 1.60 bits per heavy atom. The Bertz CT molecular complexity index is 776. The molecule has 0 spiro atoms. The first kappa shape index (κ1) is 18.1. The number of amides is 1. The molecule has 0 heterocycles. The summed E-state index contributed by atoms with van der Waals surface area (Å²) in [6, 6.07) is 13.2. The summed E-state index contributed by atoms with van der Waals surface area (Å²) >= 11 is 0. The molecule has 0 radical (unpaired) electrons. The molecule has 25 heavy (non-hydrogen) atoms. The maximum atomic E-state index is 12.1. The zero-order valence-electron chi connectivity index (χ0n) is 14.0. The third kappa shape index (κ3) is 5.14. The van der Waals surface area contributed by atoms with Crippen LogP contribution in [0.1, 0.15) is 39.6 Å². The molecule has 0 aliphatic heterocycles. The number of hydrogen-bond acceptors (Lipinski definition) is 4. The third-order valence-electron chi connectivity index (χ3n) is 3.55. The molecule has 2 rings (SSSR count). The monoisotopic (exact) mass is 337 g/mol. The van der Waals surface area contributed by atoms with Crippen LogP contribution in [-0.4, -0.2) is 17.7 Å². The molecule has 0 unspecified atom stereocenters. The van der Waals surface area contributed by atoms with Crippen LogP contribution in [-0.2, 0) is 11.3 Å². The highest BCUT2D eigenvalue weighted by Crippen LogP contribution is 2.15. The van der Waals surface area contributed by atoms with E-state index in [2.05, 4.69) is 11.9 Å². The molecule has 128 valence electrons. The lowest BCUT2D eigenvalue weighted by atomic mass is 10.1. The van der Waals surface area contributed by atoms with Crippen LogP contribution < -0.4 is 10.1 Å². The van der Waals surface area contributed by atoms with E-state index in [-0.39, 0.29) is 11.7 Å². The molecule has 0 aliphatic carbocycles. The van der Waals surface area contributed by atoms with Gasteiger partial charge in [0.15, 0.2) is 5.78 Å². The Hall–Kier alpha value is -3.21. The minimum absolute atomic E-state index is 0.0389. The van der Waals surface area contributed by atoms with Gasteiger partial charge in [0.2, 0.25) is 5.91 Å². The molecule has 0 bridgehead atoms. The van der Waals surface area contributed by atoms with Crippen molar-refractivity contribution >= 4 is 17.7 Å². The van der Waals surface area contributed by atoms with Gasteiger partial charge in [-0.15, -0.1) is 0 Å². The van der Waals surface area contributed by atoms with Crippen molar-refractivity contribution in [3.63, 3.8) is 0 Å². The summed E-state index contributed by atoms with van der Waals surface area (Å²) in [6.45, 7) is 5.53. The van der Waals surface area contributed by atoms with Crippen molar-refractivity contribution in [2.75, 3.05) is 0 Å². The van der Waals surface area contributed by atoms with E-state index in [9.17, 15) is 14.4 Å². The fraction of sp³-hybridized carbons (Fsp3) is 0.150. The van der Waals surface area contributed by atoms with Crippen molar-refractivity contribution in [3.05, 3.63) is 77.9 Å². The summed E-state index contributed by atoms with van der Waals surface area (Å²) < 4.78 is 5.29. The number of esters is 1. The highest BCUT2D eigenvalue weighted by atomic mass is 16.5. The van der Waals surface area contributed by atoms with Crippen molar-refractivity contribution in [1.82, 2.24) is 5.32 Å². The van der Waals surface area contributed by atoms with Gasteiger partial charge in [-0.05, 0) is 48.0 Å². The van der Waals surface area contributed by atoms with Crippen molar-refractivity contribution in [3.8, 4) is 5.75 Å². The number of carbonyl (C=O) groups excluding carboxylic acids is 3. The van der Waals surface area contributed by atoms with E-state index in [1.54, 1.807) is 55.5 Å². The molecule has 0 saturated carbocycles. The van der Waals surface area contributed by atoms with E-state index in [1.165, 1.54) is 6.08 Å². The fourth-order valence-electron chi connectivity index (χ4n) is 2.10. The van der Waals surface area contributed by atoms with E-state index in [4.69, 9.17) is 4.74 Å². The van der Waals surface area contributed by atoms with Gasteiger partial charge in [-0.1, -0.05) is 25.6 Å². The smallest absolute Gasteiger partial charge is 0.343 e. The van der Waals surface area contributed by atoms with Crippen LogP contribution in [0.5, 0.6) is 5.75 Å². The quantitative estimate of drug-likeness (QED) is 0.364. The number of carbonyl (C=O) groups is 3. The second kappa shape index (κ2) is 8.59. The highest BCUT2D eigenvalue weighted by Gasteiger charge is 2.10. The summed E-state index contributed by atoms with van der Waals surface area (Å²) in [6.07, 6.45) is 1.63. The summed E-state index contributed by atoms with van der Waals surface area (Å²) in [7, 11) is 0. The number of nitrogens with one attached hydrogen (secondary N) is 1. The van der Waals surface area contributed by atoms with Crippen LogP contribution in [0.4, 0.5) is 0 Å². The number of Topliss-reactive ketones (excluding diaryl/α,β-unsaturated/α-hetero) is 1. The predicted octanol–water partition coefficient (Wildman–Crippen LogP) is 3.30. The van der Waals surface area contributed by atoms with Gasteiger partial charge in [-0.25, -0.2) is 4.79 Å². The van der Waals surface area contributed by atoms with Crippen LogP contribution in [0.25, 0.3) is 0 Å². The lowest BCUT2D eigenvalue weighted by molar-refractivity contribution is -0.116. The van der Waals surface area contributed by atoms with E-state index >= 15 is 0 Å². The SMILES string of the molecule is C=CC(=O)NCc1ccc(C(=O)Oc2ccc(C(=O)CC)cc2)cc1. The van der Waals surface area contributed by atoms with Crippen molar-refractivity contribution in [1.29, 1.82) is 0 Å². The number of benzene rings is 2. The van der Waals surface area contributed by atoms with E-state index in [0.717, 1.165) is 5.56 Å². The Kier molecular flexibility index (Phi) is 6.23. The molecule has 2 aromatic carbocycles. The van der Waals surface area contributed by atoms with Gasteiger partial charge in [-0.3, -0.25) is 9.59 Å². The van der Waals surface area contributed by atoms with Crippen molar-refractivity contribution in [2.45, 2.75) is 19.9 Å². The summed E-state index contributed by atoms with van der Waals surface area (Å²) in [5.74, 6) is -0.332. The molecule has 5 nitrogen and oxygen atoms in total. The van der Waals surface area contributed by atoms with E-state index in [1.807, 2.05) is 0 Å². The van der Waals surface area contributed by atoms with E-state index in [0.29, 0.717) is 29.8 Å². The number of hydrogen-bond donors (Lipinski definition) is 1. The normalized spacial score (nSPS) is 9.96. The van der Waals surface area contributed by atoms with Crippen molar-refractivity contribution in [2.24, 2.45) is 0 Å². The van der Waals surface area contributed by atoms with Crippen LogP contribution in [0, 0.1) is 0 Å². The van der Waals surface area contributed by atoms with Gasteiger partial charge in [0.05, 0.1) is 5.56 Å². The molecular weight excluding hydrogens is 318 g/mol. The molecular formula is C20H19NO4. The molecule has 5 heteroatoms. The van der Waals surface area contributed by atoms with Crippen LogP contribution in [0.3, 0.4) is 0 Å². The standard InChI is InChI=1S/C20H19NO4/c1-3-18(22)15-9-11-17(12-10-15)25-20(24)16-7-5-14(6-8-16)13-21-19(23)4-2/h4-12H,2-3,13H2,1H3,(H,21,23). The first-order chi connectivity index (χ1) is 12.0. The van der Waals surface area contributed by atoms with Gasteiger partial charge >= 0.3 is 5.97 Å². The van der Waals surface area contributed by atoms with E-state index < -0.39 is 5.97 Å².